The average molecular weight is 460 g/mol. The molecule has 1 N–H and O–H groups in total. The van der Waals surface area contributed by atoms with Crippen molar-refractivity contribution >= 4 is 28.7 Å². The van der Waals surface area contributed by atoms with Crippen LogP contribution in [0.4, 0.5) is 5.69 Å². The first kappa shape index (κ1) is 23.0. The van der Waals surface area contributed by atoms with E-state index >= 15 is 0 Å². The van der Waals surface area contributed by atoms with Gasteiger partial charge < -0.3 is 14.5 Å². The van der Waals surface area contributed by atoms with Gasteiger partial charge in [-0.15, -0.1) is 0 Å². The van der Waals surface area contributed by atoms with Crippen molar-refractivity contribution in [2.24, 2.45) is 0 Å². The van der Waals surface area contributed by atoms with Gasteiger partial charge in [0.1, 0.15) is 17.5 Å². The molecule has 0 aliphatic carbocycles. The molecule has 0 saturated heterocycles. The van der Waals surface area contributed by atoms with E-state index in [1.165, 1.54) is 10.9 Å². The molecule has 0 fully saturated rings. The molecule has 8 nitrogen and oxygen atoms in total. The SMILES string of the molecule is CCCCOC(=O)c1ccc(NC(=O)c2c(C)oc3ncn(Cc4ccccc4)c(=O)c23)cc1. The molecule has 0 unspecified atom stereocenters. The first-order valence-electron chi connectivity index (χ1n) is 11.1. The van der Waals surface area contributed by atoms with Crippen molar-refractivity contribution in [2.75, 3.05) is 11.9 Å². The van der Waals surface area contributed by atoms with Crippen molar-refractivity contribution in [1.29, 1.82) is 0 Å². The zero-order valence-electron chi connectivity index (χ0n) is 19.0. The molecule has 0 aliphatic rings. The molecular formula is C26H25N3O5. The number of hydrogen-bond acceptors (Lipinski definition) is 6. The summed E-state index contributed by atoms with van der Waals surface area (Å²) in [6.07, 6.45) is 3.16. The van der Waals surface area contributed by atoms with Gasteiger partial charge in [-0.2, -0.15) is 0 Å². The van der Waals surface area contributed by atoms with Gasteiger partial charge in [-0.05, 0) is 43.2 Å². The van der Waals surface area contributed by atoms with E-state index in [-0.39, 0.29) is 22.2 Å². The molecule has 2 aromatic heterocycles. The van der Waals surface area contributed by atoms with Gasteiger partial charge in [-0.1, -0.05) is 43.7 Å². The summed E-state index contributed by atoms with van der Waals surface area (Å²) in [7, 11) is 0. The minimum Gasteiger partial charge on any atom is -0.462 e. The minimum atomic E-state index is -0.495. The van der Waals surface area contributed by atoms with Crippen LogP contribution in [-0.2, 0) is 11.3 Å². The molecule has 2 heterocycles. The first-order valence-corrected chi connectivity index (χ1v) is 11.1. The number of carbonyl (C=O) groups excluding carboxylic acids is 2. The van der Waals surface area contributed by atoms with E-state index in [0.29, 0.717) is 30.2 Å². The predicted molar refractivity (Wildman–Crippen MR) is 128 cm³/mol. The second kappa shape index (κ2) is 10.2. The van der Waals surface area contributed by atoms with Gasteiger partial charge in [0.25, 0.3) is 11.5 Å². The van der Waals surface area contributed by atoms with Gasteiger partial charge >= 0.3 is 5.97 Å². The Morgan fingerprint density at radius 2 is 1.82 bits per heavy atom. The van der Waals surface area contributed by atoms with Gasteiger partial charge in [0.2, 0.25) is 5.71 Å². The maximum Gasteiger partial charge on any atom is 0.338 e. The highest BCUT2D eigenvalue weighted by atomic mass is 16.5. The predicted octanol–water partition coefficient (Wildman–Crippen LogP) is 4.56. The number of anilines is 1. The third-order valence-corrected chi connectivity index (χ3v) is 5.39. The van der Waals surface area contributed by atoms with Crippen LogP contribution in [0.1, 0.15) is 51.8 Å². The molecule has 8 heteroatoms. The summed E-state index contributed by atoms with van der Waals surface area (Å²) in [5.41, 5.74) is 1.69. The second-order valence-corrected chi connectivity index (χ2v) is 7.90. The summed E-state index contributed by atoms with van der Waals surface area (Å²) in [6.45, 7) is 4.33. The smallest absolute Gasteiger partial charge is 0.338 e. The number of aromatic nitrogens is 2. The molecule has 1 amide bonds. The Bertz CT molecular complexity index is 1370. The molecule has 174 valence electrons. The van der Waals surface area contributed by atoms with Gasteiger partial charge in [-0.3, -0.25) is 14.2 Å². The van der Waals surface area contributed by atoms with Gasteiger partial charge in [0.05, 0.1) is 24.3 Å². The van der Waals surface area contributed by atoms with E-state index in [0.717, 1.165) is 18.4 Å². The number of carbonyl (C=O) groups is 2. The Morgan fingerprint density at radius 1 is 1.09 bits per heavy atom. The topological polar surface area (TPSA) is 103 Å². The summed E-state index contributed by atoms with van der Waals surface area (Å²) in [5.74, 6) is -0.607. The van der Waals surface area contributed by atoms with Crippen molar-refractivity contribution in [1.82, 2.24) is 9.55 Å². The van der Waals surface area contributed by atoms with Crippen molar-refractivity contribution in [3.63, 3.8) is 0 Å². The number of fused-ring (bicyclic) bond motifs is 1. The second-order valence-electron chi connectivity index (χ2n) is 7.90. The van der Waals surface area contributed by atoms with Crippen LogP contribution in [0.3, 0.4) is 0 Å². The van der Waals surface area contributed by atoms with Crippen LogP contribution in [-0.4, -0.2) is 28.0 Å². The molecule has 4 aromatic rings. The Morgan fingerprint density at radius 3 is 2.53 bits per heavy atom. The molecule has 0 saturated carbocycles. The third kappa shape index (κ3) is 4.91. The van der Waals surface area contributed by atoms with E-state index in [9.17, 15) is 14.4 Å². The van der Waals surface area contributed by atoms with Crippen molar-refractivity contribution in [2.45, 2.75) is 33.2 Å². The lowest BCUT2D eigenvalue weighted by Gasteiger charge is -2.08. The van der Waals surface area contributed by atoms with E-state index in [1.807, 2.05) is 37.3 Å². The Labute approximate surface area is 196 Å². The summed E-state index contributed by atoms with van der Waals surface area (Å²) in [5, 5.41) is 2.89. The first-order chi connectivity index (χ1) is 16.5. The van der Waals surface area contributed by atoms with Gasteiger partial charge in [0.15, 0.2) is 0 Å². The molecular weight excluding hydrogens is 434 g/mol. The quantitative estimate of drug-likeness (QED) is 0.306. The number of ether oxygens (including phenoxy) is 1. The fourth-order valence-electron chi connectivity index (χ4n) is 3.58. The number of amides is 1. The third-order valence-electron chi connectivity index (χ3n) is 5.39. The molecule has 0 radical (unpaired) electrons. The van der Waals surface area contributed by atoms with Crippen LogP contribution in [0.25, 0.3) is 11.1 Å². The van der Waals surface area contributed by atoms with E-state index in [4.69, 9.17) is 9.15 Å². The van der Waals surface area contributed by atoms with Crippen LogP contribution in [0.2, 0.25) is 0 Å². The Hall–Kier alpha value is -4.20. The van der Waals surface area contributed by atoms with Gasteiger partial charge in [-0.25, -0.2) is 9.78 Å². The number of nitrogens with one attached hydrogen (secondary N) is 1. The summed E-state index contributed by atoms with van der Waals surface area (Å²) >= 11 is 0. The summed E-state index contributed by atoms with van der Waals surface area (Å²) in [4.78, 5) is 42.6. The average Bonchev–Trinajstić information content (AvgIpc) is 3.19. The zero-order chi connectivity index (χ0) is 24.1. The number of nitrogens with zero attached hydrogens (tertiary/aromatic N) is 2. The molecule has 0 bridgehead atoms. The van der Waals surface area contributed by atoms with Crippen LogP contribution < -0.4 is 10.9 Å². The van der Waals surface area contributed by atoms with Crippen LogP contribution in [0.5, 0.6) is 0 Å². The minimum absolute atomic E-state index is 0.113. The van der Waals surface area contributed by atoms with Crippen LogP contribution >= 0.6 is 0 Å². The van der Waals surface area contributed by atoms with E-state index in [2.05, 4.69) is 10.3 Å². The fourth-order valence-corrected chi connectivity index (χ4v) is 3.58. The number of furan rings is 1. The number of benzene rings is 2. The largest absolute Gasteiger partial charge is 0.462 e. The maximum atomic E-state index is 13.2. The van der Waals surface area contributed by atoms with Crippen LogP contribution in [0, 0.1) is 6.92 Å². The highest BCUT2D eigenvalue weighted by Crippen LogP contribution is 2.23. The zero-order valence-corrected chi connectivity index (χ0v) is 19.0. The highest BCUT2D eigenvalue weighted by molar-refractivity contribution is 6.12. The molecule has 34 heavy (non-hydrogen) atoms. The number of hydrogen-bond donors (Lipinski definition) is 1. The number of esters is 1. The summed E-state index contributed by atoms with van der Waals surface area (Å²) in [6, 6.07) is 15.9. The van der Waals surface area contributed by atoms with Crippen LogP contribution in [0.15, 0.2) is 70.1 Å². The number of aryl methyl sites for hydroxylation is 1. The summed E-state index contributed by atoms with van der Waals surface area (Å²) < 4.78 is 12.2. The fraction of sp³-hybridized carbons (Fsp3) is 0.231. The maximum absolute atomic E-state index is 13.2. The lowest BCUT2D eigenvalue weighted by atomic mass is 10.1. The van der Waals surface area contributed by atoms with Crippen molar-refractivity contribution in [3.05, 3.63) is 93.7 Å². The number of rotatable bonds is 8. The molecule has 0 atom stereocenters. The Kier molecular flexibility index (Phi) is 6.87. The molecule has 2 aromatic carbocycles. The molecule has 4 rings (SSSR count). The van der Waals surface area contributed by atoms with Gasteiger partial charge in [0, 0.05) is 5.69 Å². The molecule has 0 spiro atoms. The van der Waals surface area contributed by atoms with E-state index < -0.39 is 11.9 Å². The van der Waals surface area contributed by atoms with E-state index in [1.54, 1.807) is 31.2 Å². The Balaban J connectivity index is 1.56. The lowest BCUT2D eigenvalue weighted by molar-refractivity contribution is 0.0499. The standard InChI is InChI=1S/C26H25N3O5/c1-3-4-14-33-26(32)19-10-12-20(13-11-19)28-23(30)21-17(2)34-24-22(21)25(31)29(16-27-24)15-18-8-6-5-7-9-18/h5-13,16H,3-4,14-15H2,1-2H3,(H,28,30). The monoisotopic (exact) mass is 459 g/mol. The molecule has 0 aliphatic heterocycles. The van der Waals surface area contributed by atoms with Crippen molar-refractivity contribution in [3.8, 4) is 0 Å². The highest BCUT2D eigenvalue weighted by Gasteiger charge is 2.23. The lowest BCUT2D eigenvalue weighted by Crippen LogP contribution is -2.23. The number of unbranched alkanes of at least 4 members (excludes halogenated alkanes) is 1. The van der Waals surface area contributed by atoms with Crippen molar-refractivity contribution < 1.29 is 18.7 Å². The normalized spacial score (nSPS) is 10.9.